The van der Waals surface area contributed by atoms with Gasteiger partial charge >= 0.3 is 6.03 Å². The van der Waals surface area contributed by atoms with Crippen LogP contribution in [-0.4, -0.2) is 303 Å². The fourth-order valence-electron chi connectivity index (χ4n) is 19.5. The van der Waals surface area contributed by atoms with Crippen LogP contribution in [-0.2, 0) is 115 Å². The molecule has 0 saturated carbocycles. The van der Waals surface area contributed by atoms with Crippen molar-refractivity contribution in [2.75, 3.05) is 208 Å². The zero-order valence-corrected chi connectivity index (χ0v) is 82.5. The van der Waals surface area contributed by atoms with E-state index in [1.54, 1.807) is 24.1 Å². The Morgan fingerprint density at radius 2 is 0.652 bits per heavy atom. The molecule has 0 unspecified atom stereocenters. The van der Waals surface area contributed by atoms with Gasteiger partial charge in [0.1, 0.15) is 57.1 Å². The van der Waals surface area contributed by atoms with Crippen LogP contribution in [0.3, 0.4) is 0 Å². The van der Waals surface area contributed by atoms with Crippen molar-refractivity contribution in [2.45, 2.75) is 144 Å². The van der Waals surface area contributed by atoms with Gasteiger partial charge in [-0.2, -0.15) is 5.10 Å². The molecular formula is C99H121N31O11. The van der Waals surface area contributed by atoms with Crippen LogP contribution in [0.25, 0.3) is 107 Å². The minimum Gasteiger partial charge on any atom is -0.378 e. The van der Waals surface area contributed by atoms with Crippen molar-refractivity contribution >= 4 is 108 Å². The lowest BCUT2D eigenvalue weighted by molar-refractivity contribution is -0.0532. The van der Waals surface area contributed by atoms with Gasteiger partial charge in [0, 0.05) is 165 Å². The second kappa shape index (κ2) is 38.7. The van der Waals surface area contributed by atoms with E-state index >= 15 is 0 Å². The molecule has 0 spiro atoms. The highest BCUT2D eigenvalue weighted by Crippen LogP contribution is 2.43. The summed E-state index contributed by atoms with van der Waals surface area (Å²) in [5.74, 6) is 12.3. The number of allylic oxidation sites excluding steroid dienone is 1. The van der Waals surface area contributed by atoms with Gasteiger partial charge in [-0.15, -0.1) is 0 Å². The van der Waals surface area contributed by atoms with Crippen LogP contribution in [0.2, 0.25) is 0 Å². The van der Waals surface area contributed by atoms with E-state index in [1.807, 2.05) is 90.5 Å². The van der Waals surface area contributed by atoms with Crippen LogP contribution in [0.15, 0.2) is 90.3 Å². The number of urea groups is 1. The Balaban J connectivity index is 0.000000105. The molecule has 11 aliphatic rings. The molecule has 2 amide bonds. The maximum Gasteiger partial charge on any atom is 0.318 e. The first-order valence-corrected chi connectivity index (χ1v) is 48.7. The number of nitrogens with one attached hydrogen (secondary N) is 2. The summed E-state index contributed by atoms with van der Waals surface area (Å²) in [6, 6.07) is 19.6. The van der Waals surface area contributed by atoms with E-state index in [2.05, 4.69) is 152 Å². The molecule has 5 saturated heterocycles. The minimum atomic E-state index is -0.492. The van der Waals surface area contributed by atoms with E-state index in [1.165, 1.54) is 5.56 Å². The van der Waals surface area contributed by atoms with Crippen molar-refractivity contribution < 1.29 is 52.2 Å². The first-order chi connectivity index (χ1) is 68.2. The number of amides is 2. The van der Waals surface area contributed by atoms with Crippen LogP contribution >= 0.6 is 0 Å². The van der Waals surface area contributed by atoms with Gasteiger partial charge in [0.25, 0.3) is 0 Å². The molecule has 23 heterocycles. The Morgan fingerprint density at radius 3 is 0.950 bits per heavy atom. The maximum absolute atomic E-state index is 11.6. The minimum absolute atomic E-state index is 0.263. The Kier molecular flexibility index (Phi) is 25.8. The summed E-state index contributed by atoms with van der Waals surface area (Å²) in [6.45, 7) is 46.9. The van der Waals surface area contributed by atoms with Gasteiger partial charge in [0.15, 0.2) is 114 Å². The van der Waals surface area contributed by atoms with E-state index < -0.39 is 28.0 Å². The Hall–Kier alpha value is -13.2. The van der Waals surface area contributed by atoms with Gasteiger partial charge in [-0.3, -0.25) is 14.7 Å². The summed E-state index contributed by atoms with van der Waals surface area (Å²) in [7, 11) is 3.48. The number of aliphatic imine (C=N–C) groups is 1. The van der Waals surface area contributed by atoms with Crippen LogP contribution in [0.1, 0.15) is 115 Å². The monoisotopic (exact) mass is 1920 g/mol. The number of ether oxygens (including phenoxy) is 10. The third-order valence-corrected chi connectivity index (χ3v) is 27.0. The van der Waals surface area contributed by atoms with Gasteiger partial charge < -0.3 is 105 Å². The third kappa shape index (κ3) is 18.8. The number of aryl methyl sites for hydroxylation is 3. The zero-order valence-electron chi connectivity index (χ0n) is 82.5. The first kappa shape index (κ1) is 94.1. The summed E-state index contributed by atoms with van der Waals surface area (Å²) in [5.41, 5.74) is 13.8. The predicted octanol–water partition coefficient (Wildman–Crippen LogP) is 10.3. The SMILES string of the molecule is CC1(C)OCCn2c1nc1c(N3CCOCC3)nc(C3=CCN=C3)nc12.CNC(=O)Nc1ccc(-c2nc(N3CCOCC3)c3nc4n(c3n2)CCOC4(C)C)cc1.Cc1cc(-c2nc(N3CCOCC3)c3nc4n(c3n2)CCOC4(C)C)ccn1.Cc1ccc(-c2nc(N3CCOCC3)c3nc4n(c3n2)CCOC4(C)C)cc1.Cn1cc(-c2nc(N3CCOCC3)c3nc4n(c3n2)CCOC4(C)C)cn1. The number of benzene rings is 2. The number of hydrogen-bond acceptors (Lipinski definition) is 34. The van der Waals surface area contributed by atoms with Crippen LogP contribution in [0.4, 0.5) is 39.6 Å². The molecule has 42 nitrogen and oxygen atoms in total. The molecule has 0 aliphatic carbocycles. The topological polar surface area (TPSA) is 411 Å². The van der Waals surface area contributed by atoms with Crippen LogP contribution in [0, 0.1) is 13.8 Å². The number of nitrogens with zero attached hydrogens (tertiary/aromatic N) is 29. The summed E-state index contributed by atoms with van der Waals surface area (Å²) in [6.07, 6.45) is 9.45. The molecule has 5 fully saturated rings. The highest BCUT2D eigenvalue weighted by molar-refractivity contribution is 6.10. The van der Waals surface area contributed by atoms with Gasteiger partial charge in [-0.1, -0.05) is 35.9 Å². The van der Waals surface area contributed by atoms with Crippen LogP contribution < -0.4 is 35.1 Å². The van der Waals surface area contributed by atoms with Gasteiger partial charge in [0.2, 0.25) is 0 Å². The fourth-order valence-corrected chi connectivity index (χ4v) is 19.5. The molecule has 11 aliphatic heterocycles. The van der Waals surface area contributed by atoms with Gasteiger partial charge in [-0.25, -0.2) is 79.6 Å². The molecule has 14 aromatic rings. The number of carbonyl (C=O) groups excluding carboxylic acids is 1. The Morgan fingerprint density at radius 1 is 0.348 bits per heavy atom. The predicted molar refractivity (Wildman–Crippen MR) is 532 cm³/mol. The zero-order chi connectivity index (χ0) is 97.2. The maximum atomic E-state index is 11.6. The molecule has 25 rings (SSSR count). The summed E-state index contributed by atoms with van der Waals surface area (Å²) < 4.78 is 70.1. The molecule has 0 radical (unpaired) electrons. The third-order valence-electron chi connectivity index (χ3n) is 27.0. The highest BCUT2D eigenvalue weighted by atomic mass is 16.5. The summed E-state index contributed by atoms with van der Waals surface area (Å²) in [4.78, 5) is 105. The van der Waals surface area contributed by atoms with Crippen molar-refractivity contribution in [3.63, 3.8) is 0 Å². The smallest absolute Gasteiger partial charge is 0.318 e. The van der Waals surface area contributed by atoms with E-state index in [-0.39, 0.29) is 6.03 Å². The number of pyridine rings is 1. The number of rotatable bonds is 11. The molecular weight excluding hydrogens is 1800 g/mol. The molecule has 42 heteroatoms. The Bertz CT molecular complexity index is 7060. The highest BCUT2D eigenvalue weighted by Gasteiger charge is 2.42. The van der Waals surface area contributed by atoms with Gasteiger partial charge in [0.05, 0.1) is 117 Å². The molecule has 2 N–H and O–H groups in total. The first-order valence-electron chi connectivity index (χ1n) is 48.7. The standard InChI is InChI=1S/C22H27N7O3.C21H25N5O2.C20H24N6O2.C18H23N7O2.C18H22N6O2/c1-22(2)20-25-16-18(28-8-11-31-12-9-28)26-17(27-19(16)29(20)10-13-32-22)14-4-6-15(7-5-14)24-21(30)23-3;1-14-4-6-15(7-5-14)17-23-18(25-8-11-27-12-9-25)16-19(24-17)26-10-13-28-21(2,3)20(26)22-16;1-13-12-14(4-5-21-13)16-23-17(25-6-9-27-10-7-25)15-18(24-16)26-8-11-28-20(2,3)19(26)22-15;1-18(2)17-20-13-15(24-4-7-26-8-5-24)21-14(12-10-19-23(3)11-12)22-16(13)25(17)6-9-27-18;1-18(2)17-20-13-15(23-5-8-25-9-6-23)21-14(12-3-4-19-11-12)22-16(13)24(17)7-10-26-18/h4-7H,8-13H2,1-3H3,(H2,23,24,30);4-7H,8-13H2,1-3H3;4-5,12H,6-11H2,1-3H3;10-11H,4-9H2,1-3H3;3,11H,4-10H2,1-2H3. The lowest BCUT2D eigenvalue weighted by Crippen LogP contribution is -2.37. The van der Waals surface area contributed by atoms with Crippen molar-refractivity contribution in [3.05, 3.63) is 132 Å². The van der Waals surface area contributed by atoms with Crippen LogP contribution in [0.5, 0.6) is 0 Å². The molecule has 141 heavy (non-hydrogen) atoms. The number of aromatic nitrogens is 23. The average Bonchev–Trinajstić information content (AvgIpc) is 1.61. The fraction of sp³-hybridized carbons (Fsp3) is 0.505. The van der Waals surface area contributed by atoms with Crippen molar-refractivity contribution in [1.82, 2.24) is 118 Å². The summed E-state index contributed by atoms with van der Waals surface area (Å²) in [5, 5.41) is 9.59. The molecule has 738 valence electrons. The normalized spacial score (nSPS) is 19.4. The number of anilines is 6. The van der Waals surface area contributed by atoms with E-state index in [0.717, 1.165) is 245 Å². The number of carbonyl (C=O) groups is 1. The number of morpholine rings is 5. The van der Waals surface area contributed by atoms with E-state index in [4.69, 9.17) is 122 Å². The number of imidazole rings is 5. The van der Waals surface area contributed by atoms with Crippen molar-refractivity contribution in [3.8, 4) is 45.6 Å². The average molecular weight is 1920 g/mol. The van der Waals surface area contributed by atoms with E-state index in [9.17, 15) is 4.79 Å². The number of fused-ring (bicyclic) bond motifs is 15. The van der Waals surface area contributed by atoms with Gasteiger partial charge in [-0.05, 0) is 119 Å². The number of hydrogen-bond donors (Lipinski definition) is 2. The largest absolute Gasteiger partial charge is 0.378 e. The molecule has 0 atom stereocenters. The van der Waals surface area contributed by atoms with E-state index in [0.29, 0.717) is 141 Å². The van der Waals surface area contributed by atoms with Crippen molar-refractivity contribution in [1.29, 1.82) is 0 Å². The second-order valence-electron chi connectivity index (χ2n) is 38.8. The molecule has 0 bridgehead atoms. The molecule has 12 aromatic heterocycles. The lowest BCUT2D eigenvalue weighted by atomic mass is 10.1. The van der Waals surface area contributed by atoms with Crippen molar-refractivity contribution in [2.24, 2.45) is 12.0 Å². The summed E-state index contributed by atoms with van der Waals surface area (Å²) >= 11 is 0. The lowest BCUT2D eigenvalue weighted by Gasteiger charge is -2.30. The second-order valence-corrected chi connectivity index (χ2v) is 38.8. The Labute approximate surface area is 815 Å². The molecule has 2 aromatic carbocycles. The quantitative estimate of drug-likeness (QED) is 0.121.